The number of aromatic nitrogens is 1. The van der Waals surface area contributed by atoms with Gasteiger partial charge in [0.05, 0.1) is 99.2 Å². The topological polar surface area (TPSA) is 197 Å². The average molecular weight is 959 g/mol. The number of carbonyl (C=O) groups is 1. The number of nitrogens with zero attached hydrogens (tertiary/aromatic N) is 8. The van der Waals surface area contributed by atoms with Gasteiger partial charge in [0.1, 0.15) is 18.2 Å². The van der Waals surface area contributed by atoms with Crippen molar-refractivity contribution < 1.29 is 38.0 Å². The van der Waals surface area contributed by atoms with Crippen LogP contribution in [-0.2, 0) is 38.0 Å². The van der Waals surface area contributed by atoms with Gasteiger partial charge in [0, 0.05) is 73.6 Å². The zero-order valence-corrected chi connectivity index (χ0v) is 40.8. The number of ether oxygens (including phenoxy) is 7. The molecule has 5 heterocycles. The molecule has 0 atom stereocenters. The molecular formula is C52H62N8O8S. The van der Waals surface area contributed by atoms with Crippen molar-refractivity contribution in [3.8, 4) is 29.5 Å². The molecule has 0 unspecified atom stereocenters. The molecule has 0 radical (unpaired) electrons. The quantitative estimate of drug-likeness (QED) is 0.0381. The smallest absolute Gasteiger partial charge is 0.259 e. The van der Waals surface area contributed by atoms with Crippen LogP contribution in [0, 0.1) is 50.2 Å². The summed E-state index contributed by atoms with van der Waals surface area (Å²) in [6.45, 7) is 17.2. The molecule has 16 nitrogen and oxygen atoms in total. The number of unbranched alkanes of at least 4 members (excludes halogenated alkanes) is 2. The van der Waals surface area contributed by atoms with Gasteiger partial charge < -0.3 is 43.0 Å². The highest BCUT2D eigenvalue weighted by molar-refractivity contribution is 7.16. The Bertz CT molecular complexity index is 2400. The zero-order chi connectivity index (χ0) is 48.5. The first-order valence-corrected chi connectivity index (χ1v) is 24.4. The number of nitriles is 3. The molecule has 364 valence electrons. The van der Waals surface area contributed by atoms with Crippen LogP contribution < -0.4 is 4.90 Å². The number of anilines is 1. The summed E-state index contributed by atoms with van der Waals surface area (Å²) in [7, 11) is 0. The largest absolute Gasteiger partial charge is 0.381 e. The second kappa shape index (κ2) is 24.8. The lowest BCUT2D eigenvalue weighted by molar-refractivity contribution is -0.138. The molecule has 0 N–H and O–H groups in total. The number of benzene rings is 2. The molecule has 3 aromatic rings. The third kappa shape index (κ3) is 14.0. The van der Waals surface area contributed by atoms with Gasteiger partial charge >= 0.3 is 0 Å². The number of hydrogen-bond donors (Lipinski definition) is 0. The lowest BCUT2D eigenvalue weighted by Gasteiger charge is -2.41. The van der Waals surface area contributed by atoms with Crippen molar-refractivity contribution in [3.05, 3.63) is 88.0 Å². The third-order valence-electron chi connectivity index (χ3n) is 12.2. The predicted molar refractivity (Wildman–Crippen MR) is 261 cm³/mol. The van der Waals surface area contributed by atoms with Crippen molar-refractivity contribution in [3.63, 3.8) is 0 Å². The van der Waals surface area contributed by atoms with E-state index in [0.717, 1.165) is 89.8 Å². The minimum absolute atomic E-state index is 0.0217. The summed E-state index contributed by atoms with van der Waals surface area (Å²) in [5.74, 6) is -0.467. The van der Waals surface area contributed by atoms with E-state index >= 15 is 0 Å². The van der Waals surface area contributed by atoms with Crippen LogP contribution in [0.3, 0.4) is 0 Å². The number of thiazole rings is 1. The highest BCUT2D eigenvalue weighted by atomic mass is 32.1. The molecule has 0 saturated carbocycles. The second-order valence-electron chi connectivity index (χ2n) is 19.0. The fourth-order valence-electron chi connectivity index (χ4n) is 8.06. The fraction of sp³-hybridized carbons (Fsp3) is 0.519. The summed E-state index contributed by atoms with van der Waals surface area (Å²) in [5, 5.41) is 39.3. The molecule has 1 amide bonds. The summed E-state index contributed by atoms with van der Waals surface area (Å²) in [5.41, 5.74) is 2.81. The molecule has 4 aliphatic heterocycles. The molecular weight excluding hydrogens is 897 g/mol. The highest BCUT2D eigenvalue weighted by Crippen LogP contribution is 2.40. The lowest BCUT2D eigenvalue weighted by Crippen LogP contribution is -2.49. The molecule has 3 saturated heterocycles. The van der Waals surface area contributed by atoms with E-state index in [1.807, 2.05) is 73.7 Å². The molecule has 69 heavy (non-hydrogen) atoms. The van der Waals surface area contributed by atoms with Gasteiger partial charge in [-0.1, -0.05) is 62.4 Å². The van der Waals surface area contributed by atoms with Gasteiger partial charge in [-0.05, 0) is 62.1 Å². The number of rotatable bonds is 28. The minimum atomic E-state index is -0.467. The Morgan fingerprint density at radius 2 is 1.29 bits per heavy atom. The molecule has 3 fully saturated rings. The number of azo groups is 1. The Kier molecular flexibility index (Phi) is 18.4. The van der Waals surface area contributed by atoms with Crippen molar-refractivity contribution in [2.24, 2.45) is 26.5 Å². The summed E-state index contributed by atoms with van der Waals surface area (Å²) in [6, 6.07) is 23.3. The summed E-state index contributed by atoms with van der Waals surface area (Å²) >= 11 is 1.28. The molecule has 17 heteroatoms. The maximum Gasteiger partial charge on any atom is 0.259 e. The fourth-order valence-corrected chi connectivity index (χ4v) is 8.87. The lowest BCUT2D eigenvalue weighted by atomic mass is 9.88. The molecule has 0 aliphatic carbocycles. The number of hydrogen-bond acceptors (Lipinski definition) is 16. The van der Waals surface area contributed by atoms with Crippen LogP contribution in [0.4, 0.5) is 16.5 Å². The van der Waals surface area contributed by atoms with Crippen LogP contribution in [0.25, 0.3) is 17.3 Å². The Balaban J connectivity index is 0.987. The Morgan fingerprint density at radius 1 is 0.739 bits per heavy atom. The van der Waals surface area contributed by atoms with Crippen LogP contribution >= 0.6 is 11.3 Å². The Hall–Kier alpha value is -5.65. The molecule has 0 spiro atoms. The molecule has 2 aromatic carbocycles. The average Bonchev–Trinajstić information content (AvgIpc) is 3.86. The third-order valence-corrected chi connectivity index (χ3v) is 13.1. The van der Waals surface area contributed by atoms with E-state index in [-0.39, 0.29) is 45.2 Å². The molecule has 7 rings (SSSR count). The second-order valence-corrected chi connectivity index (χ2v) is 20.0. The van der Waals surface area contributed by atoms with E-state index in [1.54, 1.807) is 12.2 Å². The zero-order valence-electron chi connectivity index (χ0n) is 40.0. The minimum Gasteiger partial charge on any atom is -0.381 e. The van der Waals surface area contributed by atoms with Crippen LogP contribution in [0.2, 0.25) is 0 Å². The SMILES string of the molecule is CC1(COCCCCOCCN(CCOCCCCOCC2(C)COC2)c2ccc(N=Nc3nc(-c4ccccc4)c(/C=C/C4=C(C#N)C(=C(C#N)C#N)N(CC5(C)COC5)C4=O)s3)cc2)COC1. The molecule has 1 aromatic heterocycles. The Labute approximate surface area is 409 Å². The van der Waals surface area contributed by atoms with Gasteiger partial charge in [0.2, 0.25) is 5.13 Å². The van der Waals surface area contributed by atoms with E-state index in [1.165, 1.54) is 16.2 Å². The van der Waals surface area contributed by atoms with E-state index in [4.69, 9.17) is 38.1 Å². The normalized spacial score (nSPS) is 17.9. The van der Waals surface area contributed by atoms with Gasteiger partial charge in [-0.3, -0.25) is 4.79 Å². The van der Waals surface area contributed by atoms with Crippen LogP contribution in [0.15, 0.2) is 93.3 Å². The van der Waals surface area contributed by atoms with Crippen molar-refractivity contribution in [2.45, 2.75) is 46.5 Å². The maximum absolute atomic E-state index is 13.9. The van der Waals surface area contributed by atoms with Gasteiger partial charge in [-0.15, -0.1) is 10.2 Å². The first kappa shape index (κ1) is 51.2. The first-order valence-electron chi connectivity index (χ1n) is 23.6. The van der Waals surface area contributed by atoms with Crippen molar-refractivity contribution in [1.82, 2.24) is 9.88 Å². The molecule has 0 bridgehead atoms. The van der Waals surface area contributed by atoms with Crippen LogP contribution in [0.1, 0.15) is 51.3 Å². The van der Waals surface area contributed by atoms with E-state index in [0.29, 0.717) is 74.1 Å². The van der Waals surface area contributed by atoms with E-state index < -0.39 is 5.91 Å². The van der Waals surface area contributed by atoms with Gasteiger partial charge in [-0.25, -0.2) is 4.98 Å². The Morgan fingerprint density at radius 3 is 1.80 bits per heavy atom. The van der Waals surface area contributed by atoms with Crippen LogP contribution in [0.5, 0.6) is 0 Å². The van der Waals surface area contributed by atoms with Gasteiger partial charge in [-0.2, -0.15) is 15.8 Å². The number of carbonyl (C=O) groups excluding carboxylic acids is 1. The number of amides is 1. The first-order chi connectivity index (χ1) is 33.5. The van der Waals surface area contributed by atoms with Crippen molar-refractivity contribution in [1.29, 1.82) is 15.8 Å². The summed E-state index contributed by atoms with van der Waals surface area (Å²) in [6.07, 6.45) is 7.02. The summed E-state index contributed by atoms with van der Waals surface area (Å²) in [4.78, 5) is 23.1. The highest BCUT2D eigenvalue weighted by Gasteiger charge is 2.43. The van der Waals surface area contributed by atoms with E-state index in [9.17, 15) is 20.6 Å². The van der Waals surface area contributed by atoms with Crippen molar-refractivity contribution >= 4 is 39.8 Å². The predicted octanol–water partition coefficient (Wildman–Crippen LogP) is 8.75. The monoisotopic (exact) mass is 958 g/mol. The maximum atomic E-state index is 13.9. The van der Waals surface area contributed by atoms with Crippen LogP contribution in [-0.4, -0.2) is 128 Å². The van der Waals surface area contributed by atoms with Gasteiger partial charge in [0.25, 0.3) is 5.91 Å². The molecule has 4 aliphatic rings. The number of allylic oxidation sites excluding steroid dienone is 2. The van der Waals surface area contributed by atoms with Gasteiger partial charge in [0.15, 0.2) is 5.57 Å². The standard InChI is InChI=1S/C52H62N8O8S/c1-50(31-66-32-50)30-60-47(40(27-53)28-54)44(29-55)43(48(60)61)17-18-45-46(39-11-5-4-6-12-39)56-49(69-45)58-57-41-13-15-42(16-14-41)59(19-25-62-21-7-9-23-64-33-51(2)35-67-36-51)20-26-63-22-8-10-24-65-34-52(3)37-68-38-52/h4-6,11-18H,7-10,19-26,30-38H2,1-3H3/b18-17+,58-57?. The van der Waals surface area contributed by atoms with Crippen molar-refractivity contribution in [2.75, 3.05) is 117 Å². The summed E-state index contributed by atoms with van der Waals surface area (Å²) < 4.78 is 39.9. The van der Waals surface area contributed by atoms with E-state index in [2.05, 4.69) is 35.0 Å².